The third kappa shape index (κ3) is 5.25. The second-order valence-electron chi connectivity index (χ2n) is 7.99. The Hall–Kier alpha value is -3.98. The maximum absolute atomic E-state index is 13.5. The van der Waals surface area contributed by atoms with Crippen LogP contribution in [0.1, 0.15) is 34.8 Å². The first-order chi connectivity index (χ1) is 16.8. The molecule has 0 aliphatic heterocycles. The summed E-state index contributed by atoms with van der Waals surface area (Å²) in [6.45, 7) is 3.69. The van der Waals surface area contributed by atoms with Gasteiger partial charge in [-0.2, -0.15) is 5.10 Å². The van der Waals surface area contributed by atoms with Gasteiger partial charge in [-0.1, -0.05) is 42.0 Å². The van der Waals surface area contributed by atoms with Crippen LogP contribution < -0.4 is 14.5 Å². The van der Waals surface area contributed by atoms with Crippen LogP contribution in [0.3, 0.4) is 0 Å². The monoisotopic (exact) mass is 491 g/mol. The normalized spacial score (nSPS) is 14.0. The van der Waals surface area contributed by atoms with Crippen molar-refractivity contribution in [3.05, 3.63) is 89.5 Å². The molecule has 1 aliphatic rings. The SMILES string of the molecule is CCOc1ccc(S(=O)(=O)N(CC(=O)NN=C2CC(=O)c3ccccc32)c2ccc(C)cc2)cc1. The molecule has 1 amide bonds. The molecule has 4 rings (SSSR count). The fraction of sp³-hybridized carbons (Fsp3) is 0.192. The number of amides is 1. The van der Waals surface area contributed by atoms with Crippen molar-refractivity contribution in [2.75, 3.05) is 17.5 Å². The Morgan fingerprint density at radius 1 is 1.00 bits per heavy atom. The third-order valence-corrected chi connectivity index (χ3v) is 7.30. The number of Topliss-reactive ketones (excluding diaryl/α,β-unsaturated/α-hetero) is 1. The average molecular weight is 492 g/mol. The smallest absolute Gasteiger partial charge is 0.264 e. The van der Waals surface area contributed by atoms with Crippen molar-refractivity contribution in [2.24, 2.45) is 5.10 Å². The summed E-state index contributed by atoms with van der Waals surface area (Å²) in [5.74, 6) is -0.161. The molecular weight excluding hydrogens is 466 g/mol. The Morgan fingerprint density at radius 2 is 1.66 bits per heavy atom. The molecule has 3 aromatic rings. The number of rotatable bonds is 8. The standard InChI is InChI=1S/C26H25N3O5S/c1-3-34-20-12-14-21(15-13-20)35(32,33)29(19-10-8-18(2)9-11-19)17-26(31)28-27-24-16-25(30)23-7-5-4-6-22(23)24/h4-15H,3,16-17H2,1-2H3,(H,28,31). The van der Waals surface area contributed by atoms with Crippen LogP contribution in [-0.4, -0.2) is 39.0 Å². The zero-order valence-corrected chi connectivity index (χ0v) is 20.2. The highest BCUT2D eigenvalue weighted by molar-refractivity contribution is 7.92. The molecule has 1 N–H and O–H groups in total. The minimum Gasteiger partial charge on any atom is -0.494 e. The van der Waals surface area contributed by atoms with E-state index in [4.69, 9.17) is 4.74 Å². The first kappa shape index (κ1) is 24.2. The van der Waals surface area contributed by atoms with Crippen molar-refractivity contribution < 1.29 is 22.7 Å². The molecule has 9 heteroatoms. The molecule has 8 nitrogen and oxygen atoms in total. The number of benzene rings is 3. The molecule has 0 fully saturated rings. The molecule has 0 aromatic heterocycles. The number of nitrogens with zero attached hydrogens (tertiary/aromatic N) is 2. The van der Waals surface area contributed by atoms with E-state index in [9.17, 15) is 18.0 Å². The number of ketones is 1. The molecule has 180 valence electrons. The number of nitrogens with one attached hydrogen (secondary N) is 1. The largest absolute Gasteiger partial charge is 0.494 e. The fourth-order valence-electron chi connectivity index (χ4n) is 3.74. The van der Waals surface area contributed by atoms with Gasteiger partial charge in [0.05, 0.1) is 29.3 Å². The summed E-state index contributed by atoms with van der Waals surface area (Å²) in [6.07, 6.45) is 0.0752. The van der Waals surface area contributed by atoms with E-state index in [-0.39, 0.29) is 17.1 Å². The molecule has 0 bridgehead atoms. The first-order valence-electron chi connectivity index (χ1n) is 11.1. The Labute approximate surface area is 204 Å². The van der Waals surface area contributed by atoms with Crippen molar-refractivity contribution in [1.29, 1.82) is 0 Å². The minimum absolute atomic E-state index is 0.0240. The number of hydrazone groups is 1. The summed E-state index contributed by atoms with van der Waals surface area (Å²) in [5, 5.41) is 4.12. The molecule has 3 aromatic carbocycles. The Bertz CT molecular complexity index is 1380. The highest BCUT2D eigenvalue weighted by Gasteiger charge is 2.28. The second kappa shape index (κ2) is 10.1. The topological polar surface area (TPSA) is 105 Å². The first-order valence-corrected chi connectivity index (χ1v) is 12.5. The number of hydrogen-bond donors (Lipinski definition) is 1. The quantitative estimate of drug-likeness (QED) is 0.484. The van der Waals surface area contributed by atoms with E-state index in [0.717, 1.165) is 9.87 Å². The van der Waals surface area contributed by atoms with E-state index >= 15 is 0 Å². The van der Waals surface area contributed by atoms with E-state index in [1.54, 1.807) is 60.7 Å². The van der Waals surface area contributed by atoms with Crippen molar-refractivity contribution >= 4 is 33.1 Å². The zero-order valence-electron chi connectivity index (χ0n) is 19.4. The van der Waals surface area contributed by atoms with Crippen LogP contribution in [0.2, 0.25) is 0 Å². The fourth-order valence-corrected chi connectivity index (χ4v) is 5.16. The Morgan fingerprint density at radius 3 is 2.31 bits per heavy atom. The maximum atomic E-state index is 13.5. The molecule has 0 saturated carbocycles. The minimum atomic E-state index is -4.07. The van der Waals surface area contributed by atoms with Crippen molar-refractivity contribution in [2.45, 2.75) is 25.2 Å². The molecule has 0 heterocycles. The summed E-state index contributed by atoms with van der Waals surface area (Å²) in [6, 6.07) is 19.9. The second-order valence-corrected chi connectivity index (χ2v) is 9.85. The summed E-state index contributed by atoms with van der Waals surface area (Å²) >= 11 is 0. The molecule has 35 heavy (non-hydrogen) atoms. The molecule has 1 aliphatic carbocycles. The number of aryl methyl sites for hydroxylation is 1. The lowest BCUT2D eigenvalue weighted by atomic mass is 10.1. The number of anilines is 1. The lowest BCUT2D eigenvalue weighted by Crippen LogP contribution is -2.39. The van der Waals surface area contributed by atoms with Gasteiger partial charge in [-0.05, 0) is 50.2 Å². The van der Waals surface area contributed by atoms with Gasteiger partial charge in [0.2, 0.25) is 0 Å². The lowest BCUT2D eigenvalue weighted by Gasteiger charge is -2.24. The number of sulfonamides is 1. The van der Waals surface area contributed by atoms with E-state index in [0.29, 0.717) is 34.9 Å². The summed E-state index contributed by atoms with van der Waals surface area (Å²) < 4.78 is 33.5. The highest BCUT2D eigenvalue weighted by Crippen LogP contribution is 2.26. The van der Waals surface area contributed by atoms with Gasteiger partial charge in [-0.25, -0.2) is 13.8 Å². The van der Waals surface area contributed by atoms with Crippen LogP contribution in [0.4, 0.5) is 5.69 Å². The Balaban J connectivity index is 1.59. The number of fused-ring (bicyclic) bond motifs is 1. The summed E-state index contributed by atoms with van der Waals surface area (Å²) in [7, 11) is -4.07. The van der Waals surface area contributed by atoms with Gasteiger partial charge in [0.25, 0.3) is 15.9 Å². The number of carbonyl (C=O) groups is 2. The molecule has 0 saturated heterocycles. The molecular formula is C26H25N3O5S. The maximum Gasteiger partial charge on any atom is 0.264 e. The van der Waals surface area contributed by atoms with Crippen LogP contribution in [-0.2, 0) is 14.8 Å². The number of ether oxygens (including phenoxy) is 1. The lowest BCUT2D eigenvalue weighted by molar-refractivity contribution is -0.119. The zero-order chi connectivity index (χ0) is 25.0. The van der Waals surface area contributed by atoms with Gasteiger partial charge in [0.15, 0.2) is 5.78 Å². The Kier molecular flexibility index (Phi) is 6.97. The molecule has 0 spiro atoms. The third-order valence-electron chi connectivity index (χ3n) is 5.51. The number of carbonyl (C=O) groups excluding carboxylic acids is 2. The molecule has 0 radical (unpaired) electrons. The number of hydrogen-bond acceptors (Lipinski definition) is 6. The summed E-state index contributed by atoms with van der Waals surface area (Å²) in [5.41, 5.74) is 5.37. The van der Waals surface area contributed by atoms with Gasteiger partial charge >= 0.3 is 0 Å². The van der Waals surface area contributed by atoms with Crippen LogP contribution in [0.25, 0.3) is 0 Å². The van der Waals surface area contributed by atoms with Crippen LogP contribution in [0, 0.1) is 6.92 Å². The van der Waals surface area contributed by atoms with Crippen LogP contribution in [0.5, 0.6) is 5.75 Å². The van der Waals surface area contributed by atoms with Crippen molar-refractivity contribution in [1.82, 2.24) is 5.43 Å². The van der Waals surface area contributed by atoms with Crippen molar-refractivity contribution in [3.8, 4) is 5.75 Å². The predicted molar refractivity (Wildman–Crippen MR) is 133 cm³/mol. The highest BCUT2D eigenvalue weighted by atomic mass is 32.2. The van der Waals surface area contributed by atoms with Crippen LogP contribution >= 0.6 is 0 Å². The predicted octanol–water partition coefficient (Wildman–Crippen LogP) is 3.70. The van der Waals surface area contributed by atoms with Gasteiger partial charge in [0, 0.05) is 11.1 Å². The van der Waals surface area contributed by atoms with Gasteiger partial charge in [0.1, 0.15) is 12.3 Å². The van der Waals surface area contributed by atoms with Crippen molar-refractivity contribution in [3.63, 3.8) is 0 Å². The van der Waals surface area contributed by atoms with Gasteiger partial charge < -0.3 is 4.74 Å². The van der Waals surface area contributed by atoms with E-state index < -0.39 is 22.5 Å². The van der Waals surface area contributed by atoms with E-state index in [1.165, 1.54) is 12.1 Å². The van der Waals surface area contributed by atoms with E-state index in [2.05, 4.69) is 10.5 Å². The van der Waals surface area contributed by atoms with Crippen LogP contribution in [0.15, 0.2) is 82.8 Å². The van der Waals surface area contributed by atoms with E-state index in [1.807, 2.05) is 13.8 Å². The summed E-state index contributed by atoms with van der Waals surface area (Å²) in [4.78, 5) is 25.0. The average Bonchev–Trinajstić information content (AvgIpc) is 3.18. The van der Waals surface area contributed by atoms with Gasteiger partial charge in [-0.15, -0.1) is 0 Å². The van der Waals surface area contributed by atoms with Gasteiger partial charge in [-0.3, -0.25) is 13.9 Å². The molecule has 0 atom stereocenters. The molecule has 0 unspecified atom stereocenters.